The molecule has 0 aliphatic carbocycles. The third kappa shape index (κ3) is 3.78. The average Bonchev–Trinajstić information content (AvgIpc) is 2.68. The van der Waals surface area contributed by atoms with E-state index in [1.54, 1.807) is 0 Å². The van der Waals surface area contributed by atoms with E-state index in [0.717, 1.165) is 0 Å². The smallest absolute Gasteiger partial charge is 0.344 e. The number of benzene rings is 3. The van der Waals surface area contributed by atoms with Crippen LogP contribution in [-0.2, 0) is 9.53 Å². The fraction of sp³-hybridized carbons (Fsp3) is 0.0952. The Kier molecular flexibility index (Phi) is 6.44. The van der Waals surface area contributed by atoms with E-state index in [1.165, 1.54) is 23.0 Å². The highest BCUT2D eigenvalue weighted by atomic mass is 31.2. The van der Waals surface area contributed by atoms with Crippen molar-refractivity contribution in [1.82, 2.24) is 0 Å². The highest BCUT2D eigenvalue weighted by Gasteiger charge is 2.47. The molecule has 25 heavy (non-hydrogen) atoms. The summed E-state index contributed by atoms with van der Waals surface area (Å²) in [6.45, 7) is 0. The van der Waals surface area contributed by atoms with Crippen LogP contribution in [-0.4, -0.2) is 19.2 Å². The van der Waals surface area contributed by atoms with Crippen molar-refractivity contribution in [2.75, 3.05) is 13.3 Å². The molecule has 3 aromatic carbocycles. The fourth-order valence-electron chi connectivity index (χ4n) is 3.03. The van der Waals surface area contributed by atoms with Gasteiger partial charge < -0.3 is 9.44 Å². The van der Waals surface area contributed by atoms with Gasteiger partial charge in [-0.15, -0.1) is 0 Å². The first-order valence-electron chi connectivity index (χ1n) is 7.89. The van der Waals surface area contributed by atoms with E-state index in [1.807, 2.05) is 54.6 Å². The lowest BCUT2D eigenvalue weighted by Gasteiger charge is -2.26. The molecule has 0 N–H and O–H groups in total. The lowest BCUT2D eigenvalue weighted by atomic mass is 10.4. The van der Waals surface area contributed by atoms with Gasteiger partial charge in [-0.3, -0.25) is 0 Å². The SMILES string of the molecule is COC(=O)C[P+](c1ccccc1)(c1ccccc1)c1ccccc1.[F-]. The number of hydrogen-bond donors (Lipinski definition) is 0. The predicted octanol–water partition coefficient (Wildman–Crippen LogP) is 0.158. The summed E-state index contributed by atoms with van der Waals surface area (Å²) < 4.78 is 5.06. The first-order chi connectivity index (χ1) is 11.8. The van der Waals surface area contributed by atoms with Crippen LogP contribution in [0, 0.1) is 0 Å². The number of carbonyl (C=O) groups excluding carboxylic acids is 1. The maximum atomic E-state index is 12.4. The minimum absolute atomic E-state index is 0. The Bertz CT molecular complexity index is 695. The minimum Gasteiger partial charge on any atom is -1.00 e. The Labute approximate surface area is 148 Å². The van der Waals surface area contributed by atoms with Gasteiger partial charge in [-0.2, -0.15) is 0 Å². The van der Waals surface area contributed by atoms with Crippen molar-refractivity contribution in [3.63, 3.8) is 0 Å². The second-order valence-corrected chi connectivity index (χ2v) is 9.04. The van der Waals surface area contributed by atoms with Crippen molar-refractivity contribution in [1.29, 1.82) is 0 Å². The van der Waals surface area contributed by atoms with Gasteiger partial charge in [0.25, 0.3) is 0 Å². The summed E-state index contributed by atoms with van der Waals surface area (Å²) >= 11 is 0. The van der Waals surface area contributed by atoms with E-state index in [9.17, 15) is 4.79 Å². The van der Waals surface area contributed by atoms with Crippen LogP contribution < -0.4 is 20.6 Å². The lowest BCUT2D eigenvalue weighted by molar-refractivity contribution is -0.137. The Hall–Kier alpha value is -2.51. The van der Waals surface area contributed by atoms with Crippen LogP contribution in [0.5, 0.6) is 0 Å². The van der Waals surface area contributed by atoms with Gasteiger partial charge in [0.2, 0.25) is 0 Å². The quantitative estimate of drug-likeness (QED) is 0.482. The van der Waals surface area contributed by atoms with Crippen molar-refractivity contribution in [2.24, 2.45) is 0 Å². The number of halogens is 1. The predicted molar refractivity (Wildman–Crippen MR) is 102 cm³/mol. The van der Waals surface area contributed by atoms with E-state index >= 15 is 0 Å². The molecule has 2 nitrogen and oxygen atoms in total. The normalized spacial score (nSPS) is 10.6. The topological polar surface area (TPSA) is 26.3 Å². The first-order valence-corrected chi connectivity index (χ1v) is 9.86. The Morgan fingerprint density at radius 3 is 1.32 bits per heavy atom. The number of ether oxygens (including phenoxy) is 1. The van der Waals surface area contributed by atoms with E-state index in [2.05, 4.69) is 36.4 Å². The Balaban J connectivity index is 0.00000225. The Morgan fingerprint density at radius 2 is 1.04 bits per heavy atom. The monoisotopic (exact) mass is 354 g/mol. The van der Waals surface area contributed by atoms with Crippen molar-refractivity contribution in [2.45, 2.75) is 0 Å². The van der Waals surface area contributed by atoms with Crippen LogP contribution in [0.15, 0.2) is 91.0 Å². The third-order valence-corrected chi connectivity index (χ3v) is 8.46. The first kappa shape index (κ1) is 18.8. The highest BCUT2D eigenvalue weighted by molar-refractivity contribution is 7.96. The Morgan fingerprint density at radius 1 is 0.720 bits per heavy atom. The fourth-order valence-corrected chi connectivity index (χ4v) is 7.03. The van der Waals surface area contributed by atoms with E-state index < -0.39 is 7.26 Å². The maximum Gasteiger partial charge on any atom is 0.344 e. The van der Waals surface area contributed by atoms with Gasteiger partial charge in [-0.05, 0) is 36.4 Å². The molecule has 0 saturated heterocycles. The molecular formula is C21H20FO2P. The summed E-state index contributed by atoms with van der Waals surface area (Å²) in [4.78, 5) is 12.4. The molecular weight excluding hydrogens is 334 g/mol. The average molecular weight is 354 g/mol. The van der Waals surface area contributed by atoms with Gasteiger partial charge in [-0.1, -0.05) is 54.6 Å². The molecule has 0 unspecified atom stereocenters. The molecule has 0 radical (unpaired) electrons. The van der Waals surface area contributed by atoms with Crippen molar-refractivity contribution in [3.8, 4) is 0 Å². The highest BCUT2D eigenvalue weighted by Crippen LogP contribution is 2.55. The van der Waals surface area contributed by atoms with Crippen LogP contribution >= 0.6 is 7.26 Å². The standard InChI is InChI=1S/C21H20O2P.FH/c1-23-21(22)17-24(18-11-5-2-6-12-18,19-13-7-3-8-14-19)20-15-9-4-10-16-20;/h2-16H,17H2,1H3;1H/q+1;/p-1. The molecule has 0 saturated carbocycles. The van der Waals surface area contributed by atoms with Crippen molar-refractivity contribution < 1.29 is 14.2 Å². The molecule has 0 bridgehead atoms. The molecule has 0 spiro atoms. The van der Waals surface area contributed by atoms with E-state index in [4.69, 9.17) is 4.74 Å². The molecule has 0 aliphatic rings. The van der Waals surface area contributed by atoms with Crippen molar-refractivity contribution in [3.05, 3.63) is 91.0 Å². The summed E-state index contributed by atoms with van der Waals surface area (Å²) in [6.07, 6.45) is 0.363. The zero-order valence-corrected chi connectivity index (χ0v) is 14.9. The summed E-state index contributed by atoms with van der Waals surface area (Å²) in [5.74, 6) is -0.181. The second kappa shape index (κ2) is 8.55. The number of rotatable bonds is 5. The third-order valence-electron chi connectivity index (χ3n) is 4.18. The molecule has 0 aromatic heterocycles. The molecule has 0 fully saturated rings. The van der Waals surface area contributed by atoms with Gasteiger partial charge in [0, 0.05) is 0 Å². The number of methoxy groups -OCH3 is 1. The number of esters is 1. The summed E-state index contributed by atoms with van der Waals surface area (Å²) in [7, 11) is -0.644. The van der Waals surface area contributed by atoms with E-state index in [-0.39, 0.29) is 10.7 Å². The zero-order valence-electron chi connectivity index (χ0n) is 14.0. The van der Waals surface area contributed by atoms with Gasteiger partial charge in [0.1, 0.15) is 23.2 Å². The van der Waals surface area contributed by atoms with Gasteiger partial charge in [0.05, 0.1) is 7.11 Å². The van der Waals surface area contributed by atoms with Gasteiger partial charge >= 0.3 is 5.97 Å². The summed E-state index contributed by atoms with van der Waals surface area (Å²) in [6, 6.07) is 31.0. The van der Waals surface area contributed by atoms with E-state index in [0.29, 0.717) is 6.16 Å². The largest absolute Gasteiger partial charge is 1.00 e. The summed E-state index contributed by atoms with van der Waals surface area (Å²) in [5, 5.41) is 3.56. The lowest BCUT2D eigenvalue weighted by Crippen LogP contribution is -3.00. The molecule has 3 aromatic rings. The summed E-state index contributed by atoms with van der Waals surface area (Å²) in [5.41, 5.74) is 0. The van der Waals surface area contributed by atoms with Crippen LogP contribution in [0.1, 0.15) is 0 Å². The van der Waals surface area contributed by atoms with Gasteiger partial charge in [0.15, 0.2) is 6.16 Å². The van der Waals surface area contributed by atoms with Crippen LogP contribution in [0.2, 0.25) is 0 Å². The molecule has 0 atom stereocenters. The molecule has 0 aliphatic heterocycles. The van der Waals surface area contributed by atoms with Gasteiger partial charge in [-0.25, -0.2) is 4.79 Å². The molecule has 128 valence electrons. The molecule has 3 rings (SSSR count). The van der Waals surface area contributed by atoms with Crippen LogP contribution in [0.4, 0.5) is 0 Å². The number of carbonyl (C=O) groups is 1. The molecule has 0 amide bonds. The van der Waals surface area contributed by atoms with Crippen LogP contribution in [0.25, 0.3) is 0 Å². The second-order valence-electron chi connectivity index (χ2n) is 5.55. The maximum absolute atomic E-state index is 12.4. The van der Waals surface area contributed by atoms with Crippen molar-refractivity contribution >= 4 is 29.1 Å². The molecule has 0 heterocycles. The van der Waals surface area contributed by atoms with Crippen LogP contribution in [0.3, 0.4) is 0 Å². The number of hydrogen-bond acceptors (Lipinski definition) is 2. The zero-order chi connectivity index (χ0) is 16.8. The molecule has 4 heteroatoms. The minimum atomic E-state index is -2.10.